The standard InChI is InChI=1S/C28H18O4/c29-27(31-23-15-13-19-7-1-5-17-9-3-11-21(23)25(17)19)28(30)32-24-16-14-20-8-2-6-18-10-4-12-22(24)26(18)20/h1-8,11-16H,9-10H2. The molecule has 4 aromatic rings. The van der Waals surface area contributed by atoms with Crippen molar-refractivity contribution in [3.63, 3.8) is 0 Å². The SMILES string of the molecule is O=C(Oc1ccc2cccc3c2c1C=CC3)C(=O)Oc1ccc2cccc3c2c1C=CC3. The van der Waals surface area contributed by atoms with Gasteiger partial charge in [-0.15, -0.1) is 0 Å². The lowest BCUT2D eigenvalue weighted by Gasteiger charge is -2.17. The molecular weight excluding hydrogens is 400 g/mol. The molecule has 2 aliphatic rings. The molecule has 0 N–H and O–H groups in total. The maximum atomic E-state index is 12.6. The van der Waals surface area contributed by atoms with Gasteiger partial charge in [-0.25, -0.2) is 9.59 Å². The van der Waals surface area contributed by atoms with Crippen LogP contribution >= 0.6 is 0 Å². The van der Waals surface area contributed by atoms with Crippen molar-refractivity contribution < 1.29 is 19.1 Å². The van der Waals surface area contributed by atoms with E-state index >= 15 is 0 Å². The summed E-state index contributed by atoms with van der Waals surface area (Å²) in [6.07, 6.45) is 9.56. The Kier molecular flexibility index (Phi) is 4.18. The summed E-state index contributed by atoms with van der Waals surface area (Å²) >= 11 is 0. The number of esters is 2. The molecule has 4 aromatic carbocycles. The van der Waals surface area contributed by atoms with Gasteiger partial charge in [0, 0.05) is 11.1 Å². The van der Waals surface area contributed by atoms with Gasteiger partial charge in [0.05, 0.1) is 0 Å². The van der Waals surface area contributed by atoms with E-state index in [9.17, 15) is 9.59 Å². The van der Waals surface area contributed by atoms with Crippen LogP contribution in [0.3, 0.4) is 0 Å². The molecule has 0 fully saturated rings. The molecule has 0 bridgehead atoms. The van der Waals surface area contributed by atoms with Crippen LogP contribution in [0.2, 0.25) is 0 Å². The van der Waals surface area contributed by atoms with Crippen LogP contribution in [-0.4, -0.2) is 11.9 Å². The number of hydrogen-bond donors (Lipinski definition) is 0. The molecule has 0 saturated carbocycles. The molecule has 0 heterocycles. The Balaban J connectivity index is 1.30. The third kappa shape index (κ3) is 2.92. The zero-order valence-corrected chi connectivity index (χ0v) is 17.1. The van der Waals surface area contributed by atoms with Gasteiger partial charge in [0.15, 0.2) is 0 Å². The van der Waals surface area contributed by atoms with Crippen LogP contribution in [-0.2, 0) is 22.4 Å². The fourth-order valence-corrected chi connectivity index (χ4v) is 4.67. The topological polar surface area (TPSA) is 52.6 Å². The van der Waals surface area contributed by atoms with Crippen LogP contribution in [0.5, 0.6) is 11.5 Å². The maximum absolute atomic E-state index is 12.6. The molecule has 0 spiro atoms. The van der Waals surface area contributed by atoms with Gasteiger partial charge in [-0.05, 0) is 57.6 Å². The van der Waals surface area contributed by atoms with E-state index in [1.165, 1.54) is 11.1 Å². The second-order valence-corrected chi connectivity index (χ2v) is 7.98. The third-order valence-electron chi connectivity index (χ3n) is 6.08. The number of hydrogen-bond acceptors (Lipinski definition) is 4. The Labute approximate surface area is 184 Å². The van der Waals surface area contributed by atoms with Crippen molar-refractivity contribution in [2.45, 2.75) is 12.8 Å². The molecule has 2 aliphatic carbocycles. The van der Waals surface area contributed by atoms with Crippen molar-refractivity contribution in [3.8, 4) is 11.5 Å². The number of carbonyl (C=O) groups excluding carboxylic acids is 2. The highest BCUT2D eigenvalue weighted by Crippen LogP contribution is 2.36. The predicted octanol–water partition coefficient (Wildman–Crippen LogP) is 5.64. The minimum Gasteiger partial charge on any atom is -0.417 e. The molecule has 6 rings (SSSR count). The Morgan fingerprint density at radius 1 is 0.594 bits per heavy atom. The van der Waals surface area contributed by atoms with E-state index < -0.39 is 11.9 Å². The van der Waals surface area contributed by atoms with Crippen molar-refractivity contribution in [1.29, 1.82) is 0 Å². The summed E-state index contributed by atoms with van der Waals surface area (Å²) in [6.45, 7) is 0. The molecule has 0 atom stereocenters. The predicted molar refractivity (Wildman–Crippen MR) is 125 cm³/mol. The van der Waals surface area contributed by atoms with Gasteiger partial charge in [-0.3, -0.25) is 0 Å². The zero-order chi connectivity index (χ0) is 21.7. The van der Waals surface area contributed by atoms with Crippen LogP contribution in [0.4, 0.5) is 0 Å². The molecule has 154 valence electrons. The quantitative estimate of drug-likeness (QED) is 0.240. The summed E-state index contributed by atoms with van der Waals surface area (Å²) in [5.41, 5.74) is 3.94. The number of ether oxygens (including phenoxy) is 2. The normalized spacial score (nSPS) is 13.4. The first-order valence-corrected chi connectivity index (χ1v) is 10.6. The average Bonchev–Trinajstić information content (AvgIpc) is 2.83. The molecule has 4 nitrogen and oxygen atoms in total. The third-order valence-corrected chi connectivity index (χ3v) is 6.08. The Morgan fingerprint density at radius 3 is 1.53 bits per heavy atom. The Morgan fingerprint density at radius 2 is 1.06 bits per heavy atom. The van der Waals surface area contributed by atoms with Crippen LogP contribution < -0.4 is 9.47 Å². The summed E-state index contributed by atoms with van der Waals surface area (Å²) in [7, 11) is 0. The highest BCUT2D eigenvalue weighted by molar-refractivity contribution is 6.31. The fraction of sp³-hybridized carbons (Fsp3) is 0.0714. The smallest absolute Gasteiger partial charge is 0.417 e. The van der Waals surface area contributed by atoms with Gasteiger partial charge < -0.3 is 9.47 Å². The Bertz CT molecular complexity index is 1390. The molecule has 0 radical (unpaired) electrons. The van der Waals surface area contributed by atoms with Crippen LogP contribution in [0.25, 0.3) is 33.7 Å². The van der Waals surface area contributed by atoms with Crippen LogP contribution in [0.1, 0.15) is 22.3 Å². The van der Waals surface area contributed by atoms with E-state index in [4.69, 9.17) is 9.47 Å². The van der Waals surface area contributed by atoms with Gasteiger partial charge in [-0.2, -0.15) is 0 Å². The molecular formula is C28H18O4. The van der Waals surface area contributed by atoms with Gasteiger partial charge in [0.25, 0.3) is 0 Å². The van der Waals surface area contributed by atoms with E-state index in [1.54, 1.807) is 12.1 Å². The number of benzene rings is 4. The van der Waals surface area contributed by atoms with Crippen LogP contribution in [0, 0.1) is 0 Å². The minimum atomic E-state index is -1.04. The highest BCUT2D eigenvalue weighted by atomic mass is 16.6. The molecule has 4 heteroatoms. The molecule has 0 aliphatic heterocycles. The summed E-state index contributed by atoms with van der Waals surface area (Å²) < 4.78 is 11.0. The minimum absolute atomic E-state index is 0.352. The van der Waals surface area contributed by atoms with Crippen molar-refractivity contribution in [1.82, 2.24) is 0 Å². The highest BCUT2D eigenvalue weighted by Gasteiger charge is 2.24. The van der Waals surface area contributed by atoms with Crippen molar-refractivity contribution in [2.75, 3.05) is 0 Å². The molecule has 0 saturated heterocycles. The maximum Gasteiger partial charge on any atom is 0.423 e. The summed E-state index contributed by atoms with van der Waals surface area (Å²) in [5.74, 6) is -1.38. The first kappa shape index (κ1) is 18.6. The van der Waals surface area contributed by atoms with Crippen molar-refractivity contribution >= 4 is 45.6 Å². The van der Waals surface area contributed by atoms with Gasteiger partial charge >= 0.3 is 11.9 Å². The monoisotopic (exact) mass is 418 g/mol. The van der Waals surface area contributed by atoms with Crippen LogP contribution in [0.15, 0.2) is 72.8 Å². The van der Waals surface area contributed by atoms with E-state index in [-0.39, 0.29) is 0 Å². The Hall–Kier alpha value is -4.18. The van der Waals surface area contributed by atoms with Crippen molar-refractivity contribution in [3.05, 3.63) is 95.1 Å². The largest absolute Gasteiger partial charge is 0.423 e. The second kappa shape index (κ2) is 7.20. The first-order valence-electron chi connectivity index (χ1n) is 10.6. The average molecular weight is 418 g/mol. The molecule has 0 aromatic heterocycles. The number of allylic oxidation sites excluding steroid dienone is 2. The first-order chi connectivity index (χ1) is 15.7. The molecule has 0 amide bonds. The molecule has 32 heavy (non-hydrogen) atoms. The van der Waals surface area contributed by atoms with Gasteiger partial charge in [-0.1, -0.05) is 72.8 Å². The van der Waals surface area contributed by atoms with Crippen molar-refractivity contribution in [2.24, 2.45) is 0 Å². The number of rotatable bonds is 2. The second-order valence-electron chi connectivity index (χ2n) is 7.98. The van der Waals surface area contributed by atoms with Gasteiger partial charge in [0.1, 0.15) is 11.5 Å². The van der Waals surface area contributed by atoms with E-state index in [0.29, 0.717) is 11.5 Å². The number of carbonyl (C=O) groups is 2. The molecule has 0 unspecified atom stereocenters. The summed E-state index contributed by atoms with van der Waals surface area (Å²) in [6, 6.07) is 19.4. The van der Waals surface area contributed by atoms with E-state index in [1.807, 2.05) is 60.7 Å². The zero-order valence-electron chi connectivity index (χ0n) is 17.1. The van der Waals surface area contributed by atoms with E-state index in [2.05, 4.69) is 12.1 Å². The summed E-state index contributed by atoms with van der Waals surface area (Å²) in [4.78, 5) is 25.3. The fourth-order valence-electron chi connectivity index (χ4n) is 4.67. The lowest BCUT2D eigenvalue weighted by Crippen LogP contribution is -2.26. The van der Waals surface area contributed by atoms with E-state index in [0.717, 1.165) is 45.5 Å². The lowest BCUT2D eigenvalue weighted by molar-refractivity contribution is -0.156. The lowest BCUT2D eigenvalue weighted by atomic mass is 9.92. The van der Waals surface area contributed by atoms with Gasteiger partial charge in [0.2, 0.25) is 0 Å². The summed E-state index contributed by atoms with van der Waals surface area (Å²) in [5, 5.41) is 4.24.